The second-order valence-electron chi connectivity index (χ2n) is 3.34. The van der Waals surface area contributed by atoms with E-state index in [4.69, 9.17) is 5.84 Å². The monoisotopic (exact) mass is 187 g/mol. The van der Waals surface area contributed by atoms with E-state index in [1.807, 2.05) is 25.1 Å². The van der Waals surface area contributed by atoms with Crippen LogP contribution >= 0.6 is 0 Å². The van der Waals surface area contributed by atoms with E-state index in [1.54, 1.807) is 6.20 Å². The Labute approximate surface area is 82.9 Å². The molecule has 1 aromatic carbocycles. The summed E-state index contributed by atoms with van der Waals surface area (Å²) in [6.45, 7) is 2.03. The van der Waals surface area contributed by atoms with Crippen molar-refractivity contribution in [3.05, 3.63) is 42.1 Å². The van der Waals surface area contributed by atoms with Crippen LogP contribution in [0.2, 0.25) is 0 Å². The third-order valence-corrected chi connectivity index (χ3v) is 2.38. The lowest BCUT2D eigenvalue weighted by Crippen LogP contribution is -2.25. The van der Waals surface area contributed by atoms with Gasteiger partial charge in [0.2, 0.25) is 0 Å². The largest absolute Gasteiger partial charge is 0.271 e. The van der Waals surface area contributed by atoms with Crippen LogP contribution in [-0.4, -0.2) is 4.98 Å². The van der Waals surface area contributed by atoms with E-state index in [-0.39, 0.29) is 6.04 Å². The quantitative estimate of drug-likeness (QED) is 0.556. The highest BCUT2D eigenvalue weighted by atomic mass is 15.2. The first kappa shape index (κ1) is 9.12. The van der Waals surface area contributed by atoms with Gasteiger partial charge in [0.1, 0.15) is 0 Å². The van der Waals surface area contributed by atoms with Crippen molar-refractivity contribution < 1.29 is 0 Å². The summed E-state index contributed by atoms with van der Waals surface area (Å²) in [6, 6.07) is 10.3. The van der Waals surface area contributed by atoms with Gasteiger partial charge in [0.05, 0.1) is 5.52 Å². The van der Waals surface area contributed by atoms with Crippen molar-refractivity contribution >= 4 is 10.9 Å². The summed E-state index contributed by atoms with van der Waals surface area (Å²) in [4.78, 5) is 4.26. The number of pyridine rings is 1. The van der Waals surface area contributed by atoms with Gasteiger partial charge in [-0.15, -0.1) is 0 Å². The molecule has 0 aliphatic rings. The van der Waals surface area contributed by atoms with Gasteiger partial charge >= 0.3 is 0 Å². The van der Waals surface area contributed by atoms with Gasteiger partial charge in [0.15, 0.2) is 0 Å². The highest BCUT2D eigenvalue weighted by Crippen LogP contribution is 2.17. The molecule has 1 atom stereocenters. The topological polar surface area (TPSA) is 50.9 Å². The van der Waals surface area contributed by atoms with Crippen molar-refractivity contribution in [3.63, 3.8) is 0 Å². The summed E-state index contributed by atoms with van der Waals surface area (Å²) < 4.78 is 0. The van der Waals surface area contributed by atoms with Crippen LogP contribution in [0.3, 0.4) is 0 Å². The first-order valence-corrected chi connectivity index (χ1v) is 4.62. The van der Waals surface area contributed by atoms with Crippen LogP contribution in [0.25, 0.3) is 10.9 Å². The van der Waals surface area contributed by atoms with Crippen LogP contribution < -0.4 is 11.3 Å². The number of nitrogens with zero attached hydrogens (tertiary/aromatic N) is 1. The van der Waals surface area contributed by atoms with Crippen LogP contribution in [0, 0.1) is 0 Å². The van der Waals surface area contributed by atoms with Crippen molar-refractivity contribution in [3.8, 4) is 0 Å². The molecule has 3 nitrogen and oxygen atoms in total. The summed E-state index contributed by atoms with van der Waals surface area (Å²) in [5.74, 6) is 5.38. The Hall–Kier alpha value is -1.45. The van der Waals surface area contributed by atoms with Gasteiger partial charge in [-0.05, 0) is 30.7 Å². The predicted molar refractivity (Wildman–Crippen MR) is 57.5 cm³/mol. The van der Waals surface area contributed by atoms with Crippen LogP contribution in [0.5, 0.6) is 0 Å². The van der Waals surface area contributed by atoms with Crippen LogP contribution in [0.4, 0.5) is 0 Å². The zero-order valence-electron chi connectivity index (χ0n) is 8.07. The van der Waals surface area contributed by atoms with Gasteiger partial charge in [-0.25, -0.2) is 0 Å². The fraction of sp³-hybridized carbons (Fsp3) is 0.182. The minimum atomic E-state index is 0.166. The Balaban J connectivity index is 2.51. The lowest BCUT2D eigenvalue weighted by molar-refractivity contribution is 0.603. The molecular formula is C11H13N3. The molecule has 1 heterocycles. The first-order valence-electron chi connectivity index (χ1n) is 4.62. The molecule has 3 N–H and O–H groups in total. The number of aromatic nitrogens is 1. The zero-order valence-corrected chi connectivity index (χ0v) is 8.07. The maximum atomic E-state index is 5.38. The molecule has 2 aromatic rings. The third-order valence-electron chi connectivity index (χ3n) is 2.38. The first-order chi connectivity index (χ1) is 6.81. The van der Waals surface area contributed by atoms with Crippen molar-refractivity contribution in [1.82, 2.24) is 10.4 Å². The summed E-state index contributed by atoms with van der Waals surface area (Å²) in [5.41, 5.74) is 4.91. The van der Waals surface area contributed by atoms with Gasteiger partial charge in [0.25, 0.3) is 0 Å². The SMILES string of the molecule is CC(NN)c1ccc2ncccc2c1. The molecule has 0 saturated carbocycles. The lowest BCUT2D eigenvalue weighted by Gasteiger charge is -2.10. The fourth-order valence-electron chi connectivity index (χ4n) is 1.46. The molecule has 2 rings (SSSR count). The average Bonchev–Trinajstić information content (AvgIpc) is 2.27. The highest BCUT2D eigenvalue weighted by molar-refractivity contribution is 5.79. The summed E-state index contributed by atoms with van der Waals surface area (Å²) in [6.07, 6.45) is 1.80. The fourth-order valence-corrected chi connectivity index (χ4v) is 1.46. The van der Waals surface area contributed by atoms with Crippen LogP contribution in [-0.2, 0) is 0 Å². The van der Waals surface area contributed by atoms with Crippen LogP contribution in [0.1, 0.15) is 18.5 Å². The van der Waals surface area contributed by atoms with E-state index in [0.717, 1.165) is 10.9 Å². The van der Waals surface area contributed by atoms with Gasteiger partial charge < -0.3 is 0 Å². The van der Waals surface area contributed by atoms with Crippen molar-refractivity contribution in [2.75, 3.05) is 0 Å². The Morgan fingerprint density at radius 1 is 1.36 bits per heavy atom. The number of benzene rings is 1. The molecule has 3 heteroatoms. The maximum absolute atomic E-state index is 5.38. The lowest BCUT2D eigenvalue weighted by atomic mass is 10.1. The normalized spacial score (nSPS) is 13.0. The van der Waals surface area contributed by atoms with Crippen molar-refractivity contribution in [2.24, 2.45) is 5.84 Å². The molecule has 72 valence electrons. The Morgan fingerprint density at radius 2 is 2.21 bits per heavy atom. The van der Waals surface area contributed by atoms with Crippen molar-refractivity contribution in [2.45, 2.75) is 13.0 Å². The number of nitrogens with one attached hydrogen (secondary N) is 1. The number of nitrogens with two attached hydrogens (primary N) is 1. The molecular weight excluding hydrogens is 174 g/mol. The van der Waals surface area contributed by atoms with Crippen LogP contribution in [0.15, 0.2) is 36.5 Å². The van der Waals surface area contributed by atoms with Gasteiger partial charge in [-0.3, -0.25) is 16.3 Å². The Bertz CT molecular complexity index is 439. The summed E-state index contributed by atoms with van der Waals surface area (Å²) >= 11 is 0. The minimum absolute atomic E-state index is 0.166. The van der Waals surface area contributed by atoms with Gasteiger partial charge in [-0.1, -0.05) is 12.1 Å². The number of fused-ring (bicyclic) bond motifs is 1. The van der Waals surface area contributed by atoms with Gasteiger partial charge in [0, 0.05) is 17.6 Å². The molecule has 0 radical (unpaired) electrons. The molecule has 1 unspecified atom stereocenters. The maximum Gasteiger partial charge on any atom is 0.0702 e. The summed E-state index contributed by atoms with van der Waals surface area (Å²) in [7, 11) is 0. The van der Waals surface area contributed by atoms with E-state index >= 15 is 0 Å². The highest BCUT2D eigenvalue weighted by Gasteiger charge is 2.03. The van der Waals surface area contributed by atoms with E-state index in [0.29, 0.717) is 0 Å². The van der Waals surface area contributed by atoms with Crippen molar-refractivity contribution in [1.29, 1.82) is 0 Å². The average molecular weight is 187 g/mol. The molecule has 0 fully saturated rings. The molecule has 0 aliphatic carbocycles. The number of hydrogen-bond donors (Lipinski definition) is 2. The molecule has 14 heavy (non-hydrogen) atoms. The second-order valence-corrected chi connectivity index (χ2v) is 3.34. The third kappa shape index (κ3) is 1.60. The van der Waals surface area contributed by atoms with Gasteiger partial charge in [-0.2, -0.15) is 0 Å². The van der Waals surface area contributed by atoms with E-state index in [9.17, 15) is 0 Å². The molecule has 1 aromatic heterocycles. The molecule has 0 amide bonds. The minimum Gasteiger partial charge on any atom is -0.271 e. The summed E-state index contributed by atoms with van der Waals surface area (Å²) in [5, 5.41) is 1.15. The Morgan fingerprint density at radius 3 is 3.00 bits per heavy atom. The molecule has 0 bridgehead atoms. The smallest absolute Gasteiger partial charge is 0.0702 e. The molecule has 0 aliphatic heterocycles. The number of hydrazine groups is 1. The zero-order chi connectivity index (χ0) is 9.97. The number of hydrogen-bond acceptors (Lipinski definition) is 3. The predicted octanol–water partition coefficient (Wildman–Crippen LogP) is 1.76. The van der Waals surface area contributed by atoms with E-state index in [1.165, 1.54) is 5.56 Å². The Kier molecular flexibility index (Phi) is 2.43. The second kappa shape index (κ2) is 3.74. The molecule has 0 saturated heterocycles. The van der Waals surface area contributed by atoms with E-state index in [2.05, 4.69) is 22.5 Å². The molecule has 0 spiro atoms. The standard InChI is InChI=1S/C11H13N3/c1-8(14-12)9-4-5-11-10(7-9)3-2-6-13-11/h2-8,14H,12H2,1H3. The number of rotatable bonds is 2. The van der Waals surface area contributed by atoms with E-state index < -0.39 is 0 Å².